The molecule has 1 aliphatic rings. The standard InChI is InChI=1S/C18H21ClN2/c1-11-3-6-14(9-12(11)2)15-7-8-16(18(20)17(15)19)21-10-13-4-5-13/h3,6-9,13,21H,4-5,10,20H2,1-2H3. The van der Waals surface area contributed by atoms with Crippen LogP contribution in [0.1, 0.15) is 24.0 Å². The minimum absolute atomic E-state index is 0.638. The molecule has 0 aliphatic heterocycles. The molecule has 2 aromatic rings. The van der Waals surface area contributed by atoms with E-state index in [1.165, 1.54) is 24.0 Å². The molecule has 3 heteroatoms. The van der Waals surface area contributed by atoms with Crippen LogP contribution < -0.4 is 11.1 Å². The number of nitrogen functional groups attached to an aromatic ring is 1. The van der Waals surface area contributed by atoms with E-state index < -0.39 is 0 Å². The number of anilines is 2. The van der Waals surface area contributed by atoms with E-state index in [1.807, 2.05) is 6.07 Å². The summed E-state index contributed by atoms with van der Waals surface area (Å²) in [7, 11) is 0. The minimum atomic E-state index is 0.638. The van der Waals surface area contributed by atoms with Crippen molar-refractivity contribution in [1.82, 2.24) is 0 Å². The third kappa shape index (κ3) is 3.01. The number of halogens is 1. The Hall–Kier alpha value is -1.67. The molecule has 0 unspecified atom stereocenters. The highest BCUT2D eigenvalue weighted by atomic mass is 35.5. The Labute approximate surface area is 131 Å². The third-order valence-corrected chi connectivity index (χ3v) is 4.68. The molecule has 0 saturated heterocycles. The summed E-state index contributed by atoms with van der Waals surface area (Å²) in [5, 5.41) is 4.04. The van der Waals surface area contributed by atoms with Crippen molar-refractivity contribution in [2.45, 2.75) is 26.7 Å². The van der Waals surface area contributed by atoms with E-state index in [4.69, 9.17) is 17.3 Å². The van der Waals surface area contributed by atoms with Gasteiger partial charge in [-0.2, -0.15) is 0 Å². The van der Waals surface area contributed by atoms with Crippen LogP contribution >= 0.6 is 11.6 Å². The molecule has 0 aromatic heterocycles. The van der Waals surface area contributed by atoms with E-state index >= 15 is 0 Å². The van der Waals surface area contributed by atoms with Gasteiger partial charge in [0.05, 0.1) is 16.4 Å². The molecule has 21 heavy (non-hydrogen) atoms. The molecule has 0 amide bonds. The molecular weight excluding hydrogens is 280 g/mol. The highest BCUT2D eigenvalue weighted by Crippen LogP contribution is 2.38. The first kappa shape index (κ1) is 14.3. The van der Waals surface area contributed by atoms with Crippen molar-refractivity contribution in [3.05, 3.63) is 46.5 Å². The highest BCUT2D eigenvalue weighted by Gasteiger charge is 2.21. The maximum Gasteiger partial charge on any atom is 0.0745 e. The molecule has 0 spiro atoms. The van der Waals surface area contributed by atoms with Gasteiger partial charge in [0.15, 0.2) is 0 Å². The first-order chi connectivity index (χ1) is 10.1. The van der Waals surface area contributed by atoms with Gasteiger partial charge in [0.1, 0.15) is 0 Å². The second-order valence-corrected chi connectivity index (χ2v) is 6.39. The quantitative estimate of drug-likeness (QED) is 0.777. The van der Waals surface area contributed by atoms with Gasteiger partial charge in [-0.1, -0.05) is 35.9 Å². The zero-order valence-electron chi connectivity index (χ0n) is 12.5. The number of hydrogen-bond acceptors (Lipinski definition) is 2. The largest absolute Gasteiger partial charge is 0.396 e. The van der Waals surface area contributed by atoms with Crippen LogP contribution in [0.2, 0.25) is 5.02 Å². The van der Waals surface area contributed by atoms with E-state index in [-0.39, 0.29) is 0 Å². The van der Waals surface area contributed by atoms with Gasteiger partial charge in [-0.3, -0.25) is 0 Å². The van der Waals surface area contributed by atoms with Crippen LogP contribution in [0.25, 0.3) is 11.1 Å². The first-order valence-corrected chi connectivity index (χ1v) is 7.83. The van der Waals surface area contributed by atoms with Gasteiger partial charge in [-0.15, -0.1) is 0 Å². The normalized spacial score (nSPS) is 14.2. The Morgan fingerprint density at radius 2 is 1.90 bits per heavy atom. The monoisotopic (exact) mass is 300 g/mol. The molecule has 1 saturated carbocycles. The maximum atomic E-state index is 6.49. The third-order valence-electron chi connectivity index (χ3n) is 4.28. The Morgan fingerprint density at radius 1 is 1.14 bits per heavy atom. The van der Waals surface area contributed by atoms with Gasteiger partial charge in [-0.25, -0.2) is 0 Å². The summed E-state index contributed by atoms with van der Waals surface area (Å²) < 4.78 is 0. The number of aryl methyl sites for hydroxylation is 2. The van der Waals surface area contributed by atoms with Crippen molar-refractivity contribution < 1.29 is 0 Å². The second-order valence-electron chi connectivity index (χ2n) is 6.01. The smallest absolute Gasteiger partial charge is 0.0745 e. The van der Waals surface area contributed by atoms with Crippen LogP contribution in [0.15, 0.2) is 30.3 Å². The summed E-state index contributed by atoms with van der Waals surface area (Å²) in [5.41, 5.74) is 12.4. The molecular formula is C18H21ClN2. The Kier molecular flexibility index (Phi) is 3.81. The average molecular weight is 301 g/mol. The lowest BCUT2D eigenvalue weighted by Gasteiger charge is -2.14. The van der Waals surface area contributed by atoms with Gasteiger partial charge in [0, 0.05) is 12.1 Å². The minimum Gasteiger partial charge on any atom is -0.396 e. The molecule has 2 aromatic carbocycles. The number of hydrogen-bond donors (Lipinski definition) is 2. The van der Waals surface area contributed by atoms with Crippen LogP contribution in [0.4, 0.5) is 11.4 Å². The molecule has 0 radical (unpaired) electrons. The predicted molar refractivity (Wildman–Crippen MR) is 92.0 cm³/mol. The van der Waals surface area contributed by atoms with E-state index in [9.17, 15) is 0 Å². The van der Waals surface area contributed by atoms with Gasteiger partial charge < -0.3 is 11.1 Å². The molecule has 0 atom stereocenters. The maximum absolute atomic E-state index is 6.49. The van der Waals surface area contributed by atoms with Crippen molar-refractivity contribution in [3.8, 4) is 11.1 Å². The van der Waals surface area contributed by atoms with Crippen molar-refractivity contribution >= 4 is 23.0 Å². The van der Waals surface area contributed by atoms with Crippen molar-refractivity contribution in [1.29, 1.82) is 0 Å². The van der Waals surface area contributed by atoms with Gasteiger partial charge in [0.25, 0.3) is 0 Å². The Balaban J connectivity index is 1.91. The zero-order chi connectivity index (χ0) is 15.0. The summed E-state index contributed by atoms with van der Waals surface area (Å²) in [6.45, 7) is 5.21. The number of benzene rings is 2. The number of nitrogens with one attached hydrogen (secondary N) is 1. The fourth-order valence-corrected chi connectivity index (χ4v) is 2.73. The molecule has 1 aliphatic carbocycles. The molecule has 3 N–H and O–H groups in total. The summed E-state index contributed by atoms with van der Waals surface area (Å²) >= 11 is 6.49. The molecule has 2 nitrogen and oxygen atoms in total. The Bertz CT molecular complexity index is 675. The van der Waals surface area contributed by atoms with Gasteiger partial charge in [0.2, 0.25) is 0 Å². The first-order valence-electron chi connectivity index (χ1n) is 7.45. The topological polar surface area (TPSA) is 38.0 Å². The lowest BCUT2D eigenvalue weighted by atomic mass is 9.99. The average Bonchev–Trinajstić information content (AvgIpc) is 3.28. The highest BCUT2D eigenvalue weighted by molar-refractivity contribution is 6.36. The van der Waals surface area contributed by atoms with Gasteiger partial charge >= 0.3 is 0 Å². The van der Waals surface area contributed by atoms with Crippen LogP contribution in [-0.2, 0) is 0 Å². The molecule has 110 valence electrons. The second kappa shape index (κ2) is 5.61. The Morgan fingerprint density at radius 3 is 2.57 bits per heavy atom. The van der Waals surface area contributed by atoms with Crippen LogP contribution in [-0.4, -0.2) is 6.54 Å². The summed E-state index contributed by atoms with van der Waals surface area (Å²) in [6, 6.07) is 10.5. The fourth-order valence-electron chi connectivity index (χ4n) is 2.46. The summed E-state index contributed by atoms with van der Waals surface area (Å²) in [4.78, 5) is 0. The molecule has 3 rings (SSSR count). The number of nitrogens with two attached hydrogens (primary N) is 1. The summed E-state index contributed by atoms with van der Waals surface area (Å²) in [6.07, 6.45) is 2.64. The van der Waals surface area contributed by atoms with Gasteiger partial charge in [-0.05, 0) is 55.4 Å². The lowest BCUT2D eigenvalue weighted by Crippen LogP contribution is -2.06. The van der Waals surface area contributed by atoms with Crippen molar-refractivity contribution in [3.63, 3.8) is 0 Å². The van der Waals surface area contributed by atoms with Crippen LogP contribution in [0, 0.1) is 19.8 Å². The predicted octanol–water partition coefficient (Wildman–Crippen LogP) is 5.03. The van der Waals surface area contributed by atoms with Crippen LogP contribution in [0.3, 0.4) is 0 Å². The number of rotatable bonds is 4. The van der Waals surface area contributed by atoms with Crippen LogP contribution in [0.5, 0.6) is 0 Å². The molecule has 1 fully saturated rings. The van der Waals surface area contributed by atoms with E-state index in [0.717, 1.165) is 29.3 Å². The molecule has 0 heterocycles. The van der Waals surface area contributed by atoms with E-state index in [1.54, 1.807) is 0 Å². The zero-order valence-corrected chi connectivity index (χ0v) is 13.3. The fraction of sp³-hybridized carbons (Fsp3) is 0.333. The van der Waals surface area contributed by atoms with E-state index in [2.05, 4.69) is 43.4 Å². The molecule has 0 bridgehead atoms. The summed E-state index contributed by atoms with van der Waals surface area (Å²) in [5.74, 6) is 0.808. The van der Waals surface area contributed by atoms with Crippen molar-refractivity contribution in [2.75, 3.05) is 17.6 Å². The lowest BCUT2D eigenvalue weighted by molar-refractivity contribution is 0.890. The SMILES string of the molecule is Cc1ccc(-c2ccc(NCC3CC3)c(N)c2Cl)cc1C. The van der Waals surface area contributed by atoms with E-state index in [0.29, 0.717) is 10.7 Å². The van der Waals surface area contributed by atoms with Crippen molar-refractivity contribution in [2.24, 2.45) is 5.92 Å².